The summed E-state index contributed by atoms with van der Waals surface area (Å²) in [6, 6.07) is 0. The second-order valence-electron chi connectivity index (χ2n) is 11.9. The summed E-state index contributed by atoms with van der Waals surface area (Å²) in [5.41, 5.74) is 0. The fraction of sp³-hybridized carbons (Fsp3) is 0.730. The van der Waals surface area contributed by atoms with Gasteiger partial charge in [0.2, 0.25) is 0 Å². The second kappa shape index (κ2) is 31.3. The number of rotatable bonds is 29. The third-order valence-corrected chi connectivity index (χ3v) is 7.11. The van der Waals surface area contributed by atoms with E-state index in [0.717, 1.165) is 70.1 Å². The maximum atomic E-state index is 12.1. The smallest absolute Gasteiger partial charge is 0.306 e. The number of unbranched alkanes of at least 4 members (excludes halogenated alkanes) is 8. The van der Waals surface area contributed by atoms with E-state index in [-0.39, 0.29) is 37.7 Å². The van der Waals surface area contributed by atoms with Gasteiger partial charge < -0.3 is 19.7 Å². The molecule has 0 amide bonds. The number of allylic oxidation sites excluding steroid dienone is 7. The van der Waals surface area contributed by atoms with Crippen LogP contribution in [0.5, 0.6) is 0 Å². The average molecular weight is 605 g/mol. The van der Waals surface area contributed by atoms with Crippen LogP contribution in [-0.2, 0) is 19.1 Å². The monoisotopic (exact) mass is 604 g/mol. The van der Waals surface area contributed by atoms with Gasteiger partial charge in [-0.3, -0.25) is 9.59 Å². The minimum atomic E-state index is -0.809. The highest BCUT2D eigenvalue weighted by molar-refractivity contribution is 5.70. The number of carbonyl (C=O) groups excluding carboxylic acids is 2. The molecule has 2 N–H and O–H groups in total. The van der Waals surface area contributed by atoms with Crippen molar-refractivity contribution in [2.75, 3.05) is 13.2 Å². The van der Waals surface area contributed by atoms with Crippen molar-refractivity contribution in [1.29, 1.82) is 0 Å². The van der Waals surface area contributed by atoms with Crippen molar-refractivity contribution in [2.45, 2.75) is 155 Å². The molecule has 0 saturated carbocycles. The Morgan fingerprint density at radius 3 is 1.79 bits per heavy atom. The van der Waals surface area contributed by atoms with E-state index in [0.29, 0.717) is 12.8 Å². The van der Waals surface area contributed by atoms with Crippen LogP contribution in [-0.4, -0.2) is 47.6 Å². The summed E-state index contributed by atoms with van der Waals surface area (Å²) in [7, 11) is 0. The number of aliphatic hydroxyl groups is 2. The van der Waals surface area contributed by atoms with Crippen LogP contribution >= 0.6 is 0 Å². The lowest BCUT2D eigenvalue weighted by molar-refractivity contribution is -0.161. The third kappa shape index (κ3) is 31.1. The Bertz CT molecular complexity index is 767. The normalized spacial score (nSPS) is 13.6. The number of ether oxygens (including phenoxy) is 2. The molecule has 0 radical (unpaired) electrons. The molecule has 0 aromatic heterocycles. The van der Waals surface area contributed by atoms with Gasteiger partial charge in [0, 0.05) is 12.8 Å². The van der Waals surface area contributed by atoms with Crippen LogP contribution in [0.25, 0.3) is 0 Å². The summed E-state index contributed by atoms with van der Waals surface area (Å²) < 4.78 is 10.5. The summed E-state index contributed by atoms with van der Waals surface area (Å²) in [5.74, 6) is 0.114. The van der Waals surface area contributed by atoms with Gasteiger partial charge in [0.1, 0.15) is 6.61 Å². The average Bonchev–Trinajstić information content (AvgIpc) is 2.98. The molecular weight excluding hydrogens is 540 g/mol. The fourth-order valence-corrected chi connectivity index (χ4v) is 4.51. The fourth-order valence-electron chi connectivity index (χ4n) is 4.51. The van der Waals surface area contributed by atoms with Crippen LogP contribution in [0.3, 0.4) is 0 Å². The van der Waals surface area contributed by atoms with Gasteiger partial charge in [0.15, 0.2) is 6.10 Å². The van der Waals surface area contributed by atoms with Crippen LogP contribution in [0.4, 0.5) is 0 Å². The molecule has 0 aliphatic rings. The first-order valence-corrected chi connectivity index (χ1v) is 17.1. The molecule has 43 heavy (non-hydrogen) atoms. The van der Waals surface area contributed by atoms with E-state index in [9.17, 15) is 19.8 Å². The standard InChI is InChI=1S/C37H64O6/c1-4-26-34(39)28-23-19-15-10-8-6-5-7-9-11-17-21-25-30-37(41)43-35(31-38)32-42-36(40)29-24-20-16-13-12-14-18-22-27-33(2)3/h5,7-8,10-11,17,19,23,33-35,38-39H,4,6,9,12-16,18,20-22,24-32H2,1-3H3/b7-5-,10-8-,17-11-,23-19-/t34?,35-/m0/s1. The van der Waals surface area contributed by atoms with Crippen LogP contribution in [0, 0.1) is 5.92 Å². The van der Waals surface area contributed by atoms with Gasteiger partial charge in [0.05, 0.1) is 12.7 Å². The van der Waals surface area contributed by atoms with Gasteiger partial charge in [-0.25, -0.2) is 0 Å². The number of hydrogen-bond acceptors (Lipinski definition) is 6. The zero-order valence-corrected chi connectivity index (χ0v) is 27.7. The molecule has 0 aromatic rings. The van der Waals surface area contributed by atoms with Crippen molar-refractivity contribution >= 4 is 11.9 Å². The summed E-state index contributed by atoms with van der Waals surface area (Å²) >= 11 is 0. The molecule has 6 nitrogen and oxygen atoms in total. The minimum absolute atomic E-state index is 0.0985. The first-order valence-electron chi connectivity index (χ1n) is 17.1. The van der Waals surface area contributed by atoms with Crippen molar-refractivity contribution in [3.63, 3.8) is 0 Å². The topological polar surface area (TPSA) is 93.1 Å². The van der Waals surface area contributed by atoms with Crippen molar-refractivity contribution in [2.24, 2.45) is 5.92 Å². The van der Waals surface area contributed by atoms with Crippen LogP contribution < -0.4 is 0 Å². The van der Waals surface area contributed by atoms with Crippen LogP contribution in [0.15, 0.2) is 48.6 Å². The number of aliphatic hydroxyl groups excluding tert-OH is 2. The summed E-state index contributed by atoms with van der Waals surface area (Å²) in [6.07, 6.45) is 33.8. The predicted molar refractivity (Wildman–Crippen MR) is 179 cm³/mol. The zero-order chi connectivity index (χ0) is 31.8. The van der Waals surface area contributed by atoms with E-state index in [4.69, 9.17) is 9.47 Å². The lowest BCUT2D eigenvalue weighted by Gasteiger charge is -2.15. The molecule has 0 rings (SSSR count). The van der Waals surface area contributed by atoms with E-state index >= 15 is 0 Å². The molecule has 0 heterocycles. The van der Waals surface area contributed by atoms with Gasteiger partial charge in [-0.1, -0.05) is 127 Å². The van der Waals surface area contributed by atoms with Gasteiger partial charge >= 0.3 is 11.9 Å². The molecule has 0 bridgehead atoms. The molecule has 0 aliphatic heterocycles. The summed E-state index contributed by atoms with van der Waals surface area (Å²) in [6.45, 7) is 6.17. The Morgan fingerprint density at radius 1 is 0.674 bits per heavy atom. The maximum absolute atomic E-state index is 12.1. The van der Waals surface area contributed by atoms with Gasteiger partial charge in [-0.15, -0.1) is 0 Å². The molecular formula is C37H64O6. The Labute approximate surface area is 263 Å². The van der Waals surface area contributed by atoms with Gasteiger partial charge in [-0.05, 0) is 57.3 Å². The van der Waals surface area contributed by atoms with Crippen molar-refractivity contribution in [1.82, 2.24) is 0 Å². The quantitative estimate of drug-likeness (QED) is 0.0502. The maximum Gasteiger partial charge on any atom is 0.306 e. The highest BCUT2D eigenvalue weighted by Gasteiger charge is 2.15. The molecule has 0 saturated heterocycles. The van der Waals surface area contributed by atoms with E-state index in [1.807, 2.05) is 6.08 Å². The SMILES string of the molecule is CCCC(O)C/C=C\C/C=C\C/C=C\C/C=C\CCCC(=O)O[C@@H](CO)COC(=O)CCCCCCCCCCC(C)C. The van der Waals surface area contributed by atoms with E-state index in [1.54, 1.807) is 0 Å². The summed E-state index contributed by atoms with van der Waals surface area (Å²) in [4.78, 5) is 24.1. The molecule has 0 spiro atoms. The number of carbonyl (C=O) groups is 2. The second-order valence-corrected chi connectivity index (χ2v) is 11.9. The lowest BCUT2D eigenvalue weighted by atomic mass is 10.0. The first kappa shape index (κ1) is 40.8. The molecule has 6 heteroatoms. The Kier molecular flexibility index (Phi) is 29.7. The summed E-state index contributed by atoms with van der Waals surface area (Å²) in [5, 5.41) is 19.2. The number of hydrogen-bond donors (Lipinski definition) is 2. The molecule has 0 fully saturated rings. The third-order valence-electron chi connectivity index (χ3n) is 7.11. The van der Waals surface area contributed by atoms with Crippen molar-refractivity contribution in [3.05, 3.63) is 48.6 Å². The highest BCUT2D eigenvalue weighted by Crippen LogP contribution is 2.13. The molecule has 248 valence electrons. The van der Waals surface area contributed by atoms with E-state index in [1.165, 1.54) is 38.5 Å². The van der Waals surface area contributed by atoms with Crippen LogP contribution in [0.1, 0.15) is 143 Å². The number of esters is 2. The minimum Gasteiger partial charge on any atom is -0.462 e. The largest absolute Gasteiger partial charge is 0.462 e. The zero-order valence-electron chi connectivity index (χ0n) is 27.7. The van der Waals surface area contributed by atoms with Gasteiger partial charge in [-0.2, -0.15) is 0 Å². The predicted octanol–water partition coefficient (Wildman–Crippen LogP) is 9.11. The van der Waals surface area contributed by atoms with Crippen molar-refractivity contribution in [3.8, 4) is 0 Å². The molecule has 0 aliphatic carbocycles. The van der Waals surface area contributed by atoms with E-state index < -0.39 is 6.10 Å². The molecule has 1 unspecified atom stereocenters. The Hall–Kier alpha value is -2.18. The van der Waals surface area contributed by atoms with E-state index in [2.05, 4.69) is 63.3 Å². The molecule has 2 atom stereocenters. The Balaban J connectivity index is 3.75. The lowest BCUT2D eigenvalue weighted by Crippen LogP contribution is -2.28. The Morgan fingerprint density at radius 2 is 1.21 bits per heavy atom. The highest BCUT2D eigenvalue weighted by atomic mass is 16.6. The first-order chi connectivity index (χ1) is 20.9. The van der Waals surface area contributed by atoms with Crippen molar-refractivity contribution < 1.29 is 29.3 Å². The molecule has 0 aromatic carbocycles. The van der Waals surface area contributed by atoms with Crippen LogP contribution in [0.2, 0.25) is 0 Å². The van der Waals surface area contributed by atoms with Gasteiger partial charge in [0.25, 0.3) is 0 Å².